The first kappa shape index (κ1) is 10.2. The zero-order chi connectivity index (χ0) is 7.65. The molecule has 0 bridgehead atoms. The van der Waals surface area contributed by atoms with Gasteiger partial charge in [0.2, 0.25) is 0 Å². The Morgan fingerprint density at radius 2 is 1.11 bits per heavy atom. The summed E-state index contributed by atoms with van der Waals surface area (Å²) in [6.07, 6.45) is -5.97. The van der Waals surface area contributed by atoms with Crippen molar-refractivity contribution >= 4 is 45.2 Å². The van der Waals surface area contributed by atoms with Gasteiger partial charge < -0.3 is 0 Å². The van der Waals surface area contributed by atoms with Crippen LogP contribution >= 0.6 is 45.2 Å². The third-order valence-corrected chi connectivity index (χ3v) is 2.47. The van der Waals surface area contributed by atoms with E-state index in [2.05, 4.69) is 0 Å². The highest BCUT2D eigenvalue weighted by atomic mass is 127. The molecule has 0 aromatic carbocycles. The van der Waals surface area contributed by atoms with E-state index < -0.39 is 14.3 Å². The summed E-state index contributed by atoms with van der Waals surface area (Å²) in [5.41, 5.74) is 0. The van der Waals surface area contributed by atoms with Gasteiger partial charge in [-0.2, -0.15) is 0 Å². The second-order valence-corrected chi connectivity index (χ2v) is 6.91. The Morgan fingerprint density at radius 3 is 1.11 bits per heavy atom. The summed E-state index contributed by atoms with van der Waals surface area (Å²) in [5.74, 6) is 0. The van der Waals surface area contributed by atoms with E-state index in [4.69, 9.17) is 0 Å². The molecule has 56 valence electrons. The van der Waals surface area contributed by atoms with Gasteiger partial charge in [-0.3, -0.25) is 0 Å². The van der Waals surface area contributed by atoms with Crippen LogP contribution in [-0.4, -0.2) is 14.3 Å². The van der Waals surface area contributed by atoms with Gasteiger partial charge in [-0.1, -0.05) is 45.2 Å². The molecule has 0 saturated heterocycles. The third kappa shape index (κ3) is 2.72. The number of hydrogen-bond donors (Lipinski definition) is 0. The van der Waals surface area contributed by atoms with Crippen molar-refractivity contribution in [2.24, 2.45) is 0 Å². The molecular formula is C3H2F4I2. The summed E-state index contributed by atoms with van der Waals surface area (Å²) in [6.45, 7) is 0. The molecule has 0 nitrogen and oxygen atoms in total. The Labute approximate surface area is 76.7 Å². The highest BCUT2D eigenvalue weighted by Gasteiger charge is 2.43. The van der Waals surface area contributed by atoms with E-state index in [1.54, 1.807) is 0 Å². The van der Waals surface area contributed by atoms with Gasteiger partial charge in [-0.05, 0) is 0 Å². The van der Waals surface area contributed by atoms with Crippen molar-refractivity contribution in [3.63, 3.8) is 0 Å². The number of halogens is 6. The van der Waals surface area contributed by atoms with Gasteiger partial charge in [0, 0.05) is 0 Å². The van der Waals surface area contributed by atoms with Gasteiger partial charge in [-0.25, -0.2) is 17.6 Å². The van der Waals surface area contributed by atoms with E-state index in [9.17, 15) is 17.6 Å². The molecule has 0 fully saturated rings. The summed E-state index contributed by atoms with van der Waals surface area (Å²) >= 11 is 2.08. The van der Waals surface area contributed by atoms with Crippen LogP contribution in [0.3, 0.4) is 0 Å². The van der Waals surface area contributed by atoms with Crippen LogP contribution in [-0.2, 0) is 0 Å². The maximum Gasteiger partial charge on any atom is 0.267 e. The van der Waals surface area contributed by atoms with Crippen LogP contribution in [0, 0.1) is 0 Å². The normalized spacial score (nSPS) is 13.3. The monoisotopic (exact) mass is 368 g/mol. The molecule has 0 aliphatic rings. The quantitative estimate of drug-likeness (QED) is 0.400. The van der Waals surface area contributed by atoms with E-state index in [0.29, 0.717) is 0 Å². The average molecular weight is 368 g/mol. The van der Waals surface area contributed by atoms with Crippen molar-refractivity contribution in [1.29, 1.82) is 0 Å². The first-order chi connectivity index (χ1) is 3.89. The summed E-state index contributed by atoms with van der Waals surface area (Å²) in [7, 11) is 0. The molecule has 0 saturated carbocycles. The van der Waals surface area contributed by atoms with Gasteiger partial charge in [0.25, 0.3) is 12.9 Å². The fourth-order valence-corrected chi connectivity index (χ4v) is 0.0952. The Hall–Kier alpha value is 1.18. The molecule has 9 heavy (non-hydrogen) atoms. The van der Waals surface area contributed by atoms with Crippen molar-refractivity contribution in [2.45, 2.75) is 14.3 Å². The molecule has 0 aliphatic carbocycles. The predicted octanol–water partition coefficient (Wildman–Crippen LogP) is 3.08. The lowest BCUT2D eigenvalue weighted by molar-refractivity contribution is 0.0526. The highest BCUT2D eigenvalue weighted by molar-refractivity contribution is 14.2. The van der Waals surface area contributed by atoms with Crippen molar-refractivity contribution in [2.75, 3.05) is 0 Å². The molecule has 0 amide bonds. The van der Waals surface area contributed by atoms with Gasteiger partial charge in [0.15, 0.2) is 1.43 Å². The van der Waals surface area contributed by atoms with Crippen molar-refractivity contribution in [3.05, 3.63) is 0 Å². The second kappa shape index (κ2) is 3.54. The lowest BCUT2D eigenvalue weighted by atomic mass is 10.5. The van der Waals surface area contributed by atoms with Gasteiger partial charge in [0.1, 0.15) is 0 Å². The van der Waals surface area contributed by atoms with Crippen molar-refractivity contribution < 1.29 is 17.6 Å². The minimum atomic E-state index is -2.99. The molecule has 0 heterocycles. The molecule has 0 unspecified atom stereocenters. The first-order valence-corrected chi connectivity index (χ1v) is 3.99. The van der Waals surface area contributed by atoms with Crippen LogP contribution in [0.25, 0.3) is 0 Å². The summed E-state index contributed by atoms with van der Waals surface area (Å²) < 4.78 is 44.0. The van der Waals surface area contributed by atoms with Crippen LogP contribution < -0.4 is 0 Å². The summed E-state index contributed by atoms with van der Waals surface area (Å²) in [5, 5.41) is 0. The van der Waals surface area contributed by atoms with Crippen LogP contribution in [0.15, 0.2) is 0 Å². The third-order valence-electron chi connectivity index (χ3n) is 0.582. The maximum absolute atomic E-state index is 11.6. The predicted molar refractivity (Wildman–Crippen MR) is 42.8 cm³/mol. The minimum Gasteiger partial charge on any atom is -0.208 e. The van der Waals surface area contributed by atoms with Crippen LogP contribution in [0.5, 0.6) is 0 Å². The standard InChI is InChI=1S/C3H2F4I2/c4-1(5)3(8,9)2(6)7/h1-2H. The van der Waals surface area contributed by atoms with E-state index in [1.807, 2.05) is 0 Å². The molecule has 0 aromatic heterocycles. The fraction of sp³-hybridized carbons (Fsp3) is 1.00. The topological polar surface area (TPSA) is 0 Å². The van der Waals surface area contributed by atoms with Crippen LogP contribution in [0.4, 0.5) is 17.6 Å². The maximum atomic E-state index is 11.6. The Bertz CT molecular complexity index is 81.8. The molecule has 0 spiro atoms. The van der Waals surface area contributed by atoms with E-state index in [1.165, 1.54) is 0 Å². The Balaban J connectivity index is 4.01. The van der Waals surface area contributed by atoms with Crippen LogP contribution in [0.1, 0.15) is 0 Å². The largest absolute Gasteiger partial charge is 0.267 e. The SMILES string of the molecule is FC(F)C(I)(I)C(F)F. The van der Waals surface area contributed by atoms with Gasteiger partial charge in [-0.15, -0.1) is 0 Å². The van der Waals surface area contributed by atoms with Gasteiger partial charge >= 0.3 is 0 Å². The molecular weight excluding hydrogens is 366 g/mol. The highest BCUT2D eigenvalue weighted by Crippen LogP contribution is 2.39. The lowest BCUT2D eigenvalue weighted by Crippen LogP contribution is -2.30. The molecule has 0 aromatic rings. The minimum absolute atomic E-state index is 1.04. The van der Waals surface area contributed by atoms with E-state index in [0.717, 1.165) is 45.2 Å². The molecule has 0 aliphatic heterocycles. The molecule has 0 rings (SSSR count). The lowest BCUT2D eigenvalue weighted by Gasteiger charge is -2.17. The average Bonchev–Trinajstić information content (AvgIpc) is 1.65. The fourth-order valence-electron chi connectivity index (χ4n) is 0.0952. The molecule has 0 N–H and O–H groups in total. The zero-order valence-corrected chi connectivity index (χ0v) is 8.24. The van der Waals surface area contributed by atoms with Crippen LogP contribution in [0.2, 0.25) is 0 Å². The smallest absolute Gasteiger partial charge is 0.208 e. The summed E-state index contributed by atoms with van der Waals surface area (Å²) in [4.78, 5) is 0. The zero-order valence-electron chi connectivity index (χ0n) is 3.92. The van der Waals surface area contributed by atoms with Gasteiger partial charge in [0.05, 0.1) is 0 Å². The Morgan fingerprint density at radius 1 is 0.889 bits per heavy atom. The first-order valence-electron chi connectivity index (χ1n) is 1.83. The second-order valence-electron chi connectivity index (χ2n) is 1.28. The van der Waals surface area contributed by atoms with E-state index in [-0.39, 0.29) is 0 Å². The number of rotatable bonds is 2. The molecule has 0 atom stereocenters. The Kier molecular flexibility index (Phi) is 4.00. The molecule has 6 heteroatoms. The van der Waals surface area contributed by atoms with E-state index >= 15 is 0 Å². The van der Waals surface area contributed by atoms with Crippen molar-refractivity contribution in [3.8, 4) is 0 Å². The summed E-state index contributed by atoms with van der Waals surface area (Å²) in [6, 6.07) is 0. The number of hydrogen-bond acceptors (Lipinski definition) is 0. The van der Waals surface area contributed by atoms with Crippen molar-refractivity contribution in [1.82, 2.24) is 0 Å². The molecule has 0 radical (unpaired) electrons. The number of alkyl halides is 6.